The van der Waals surface area contributed by atoms with E-state index in [0.717, 1.165) is 18.1 Å². The number of nitrogens with two attached hydrogens (primary N) is 3. The Morgan fingerprint density at radius 2 is 1.62 bits per heavy atom. The summed E-state index contributed by atoms with van der Waals surface area (Å²) in [6, 6.07) is 6.17. The highest BCUT2D eigenvalue weighted by atomic mass is 35.5. The quantitative estimate of drug-likeness (QED) is 0.193. The second-order valence-corrected chi connectivity index (χ2v) is 11.5. The molecule has 16 heteroatoms. The van der Waals surface area contributed by atoms with Gasteiger partial charge in [0.15, 0.2) is 28.4 Å². The number of carbonyl (C=O) groups excluding carboxylic acids is 1. The first-order valence-corrected chi connectivity index (χ1v) is 13.8. The highest BCUT2D eigenvalue weighted by molar-refractivity contribution is 8.09. The average Bonchev–Trinajstić information content (AvgIpc) is 2.69. The molecule has 34 heavy (non-hydrogen) atoms. The van der Waals surface area contributed by atoms with E-state index in [0.29, 0.717) is 29.5 Å². The lowest BCUT2D eigenvalue weighted by Crippen LogP contribution is -2.38. The van der Waals surface area contributed by atoms with Crippen molar-refractivity contribution in [1.82, 2.24) is 15.3 Å². The van der Waals surface area contributed by atoms with Gasteiger partial charge in [0.2, 0.25) is 20.0 Å². The van der Waals surface area contributed by atoms with Crippen molar-refractivity contribution < 1.29 is 21.6 Å². The van der Waals surface area contributed by atoms with Crippen LogP contribution in [0.3, 0.4) is 0 Å². The second kappa shape index (κ2) is 10.8. The molecule has 13 nitrogen and oxygen atoms in total. The van der Waals surface area contributed by atoms with Crippen LogP contribution in [-0.2, 0) is 26.5 Å². The molecule has 2 rings (SSSR count). The minimum absolute atomic E-state index is 0.0366. The number of carbonyl (C=O) groups is 1. The molecule has 0 unspecified atom stereocenters. The summed E-state index contributed by atoms with van der Waals surface area (Å²) < 4.78 is 47.7. The standard InChI is InChI=1S/C18H25ClN8O5S2/c1-33(29,30)27(34(2,31)32)12-8-6-11(7-9-12)5-3-4-10-23-18(22)26-17(28)13-15(20)25-16(21)14(19)24-13/h6-9H,3-5,10H2,1-2H3,(H4,20,21,25)(H3,22,23,26,28). The van der Waals surface area contributed by atoms with E-state index >= 15 is 0 Å². The van der Waals surface area contributed by atoms with E-state index < -0.39 is 26.0 Å². The molecule has 0 saturated heterocycles. The van der Waals surface area contributed by atoms with E-state index in [4.69, 9.17) is 28.8 Å². The van der Waals surface area contributed by atoms with Crippen LogP contribution in [0.1, 0.15) is 28.9 Å². The first-order valence-electron chi connectivity index (χ1n) is 9.69. The number of aromatic nitrogens is 2. The third kappa shape index (κ3) is 7.43. The molecule has 1 amide bonds. The number of nitrogens with zero attached hydrogens (tertiary/aromatic N) is 4. The first kappa shape index (κ1) is 27.1. The zero-order chi connectivity index (χ0) is 25.7. The van der Waals surface area contributed by atoms with Crippen LogP contribution >= 0.6 is 11.6 Å². The molecular weight excluding hydrogens is 508 g/mol. The van der Waals surface area contributed by atoms with Gasteiger partial charge in [-0.05, 0) is 37.0 Å². The Morgan fingerprint density at radius 1 is 1.03 bits per heavy atom. The van der Waals surface area contributed by atoms with E-state index in [1.807, 2.05) is 0 Å². The number of halogens is 1. The second-order valence-electron chi connectivity index (χ2n) is 7.20. The number of aryl methyl sites for hydroxylation is 1. The van der Waals surface area contributed by atoms with Gasteiger partial charge in [-0.2, -0.15) is 3.71 Å². The number of rotatable bonds is 9. The van der Waals surface area contributed by atoms with E-state index in [2.05, 4.69) is 20.3 Å². The Hall–Kier alpha value is -3.17. The van der Waals surface area contributed by atoms with E-state index in [-0.39, 0.29) is 34.1 Å². The summed E-state index contributed by atoms with van der Waals surface area (Å²) in [4.78, 5) is 23.7. The fraction of sp³-hybridized carbons (Fsp3) is 0.333. The summed E-state index contributed by atoms with van der Waals surface area (Å²) in [6.45, 7) is 0.323. The number of hydrogen-bond acceptors (Lipinski definition) is 10. The number of unbranched alkanes of at least 4 members (excludes halogenated alkanes) is 1. The van der Waals surface area contributed by atoms with Crippen LogP contribution in [0.5, 0.6) is 0 Å². The summed E-state index contributed by atoms with van der Waals surface area (Å²) in [5.74, 6) is -1.17. The molecule has 0 radical (unpaired) electrons. The first-order chi connectivity index (χ1) is 15.7. The van der Waals surface area contributed by atoms with Crippen molar-refractivity contribution in [3.05, 3.63) is 40.7 Å². The Kier molecular flexibility index (Phi) is 8.63. The third-order valence-electron chi connectivity index (χ3n) is 4.27. The van der Waals surface area contributed by atoms with Gasteiger partial charge in [-0.25, -0.2) is 26.8 Å². The fourth-order valence-corrected chi connectivity index (χ4v) is 5.98. The summed E-state index contributed by atoms with van der Waals surface area (Å²) in [7, 11) is -7.98. The van der Waals surface area contributed by atoms with Crippen LogP contribution < -0.4 is 26.2 Å². The number of nitrogens with one attached hydrogen (secondary N) is 1. The molecular formula is C18H25ClN8O5S2. The molecule has 0 aliphatic heterocycles. The predicted octanol–water partition coefficient (Wildman–Crippen LogP) is 0.0874. The molecule has 0 aliphatic carbocycles. The highest BCUT2D eigenvalue weighted by Gasteiger charge is 2.27. The maximum absolute atomic E-state index is 12.2. The summed E-state index contributed by atoms with van der Waals surface area (Å²) in [5, 5.41) is 2.17. The molecule has 0 aliphatic rings. The van der Waals surface area contributed by atoms with Crippen LogP contribution in [0, 0.1) is 0 Å². The third-order valence-corrected chi connectivity index (χ3v) is 7.80. The SMILES string of the molecule is CS(=O)(=O)N(c1ccc(CCCCN=C(N)NC(=O)c2nc(Cl)c(N)nc2N)cc1)S(C)(=O)=O. The van der Waals surface area contributed by atoms with E-state index in [1.165, 1.54) is 12.1 Å². The number of benzene rings is 1. The van der Waals surface area contributed by atoms with E-state index in [1.54, 1.807) is 12.1 Å². The Balaban J connectivity index is 1.88. The molecule has 7 N–H and O–H groups in total. The number of aliphatic imine (C=N–C) groups is 1. The van der Waals surface area contributed by atoms with Crippen molar-refractivity contribution in [1.29, 1.82) is 0 Å². The topological polar surface area (TPSA) is 217 Å². The molecule has 186 valence electrons. The number of sulfonamides is 2. The summed E-state index contributed by atoms with van der Waals surface area (Å²) >= 11 is 5.75. The largest absolute Gasteiger partial charge is 0.382 e. The van der Waals surface area contributed by atoms with E-state index in [9.17, 15) is 21.6 Å². The van der Waals surface area contributed by atoms with Crippen molar-refractivity contribution in [3.63, 3.8) is 0 Å². The van der Waals surface area contributed by atoms with Gasteiger partial charge in [-0.3, -0.25) is 15.1 Å². The summed E-state index contributed by atoms with van der Waals surface area (Å²) in [6.07, 6.45) is 3.62. The molecule has 1 heterocycles. The Morgan fingerprint density at radius 3 is 2.18 bits per heavy atom. The normalized spacial score (nSPS) is 12.4. The van der Waals surface area contributed by atoms with Crippen LogP contribution in [0.15, 0.2) is 29.3 Å². The van der Waals surface area contributed by atoms with Crippen molar-refractivity contribution in [3.8, 4) is 0 Å². The van der Waals surface area contributed by atoms with Gasteiger partial charge in [-0.15, -0.1) is 0 Å². The minimum atomic E-state index is -3.99. The molecule has 0 bridgehead atoms. The lowest BCUT2D eigenvalue weighted by molar-refractivity contribution is 0.0972. The van der Waals surface area contributed by atoms with Gasteiger partial charge in [0.25, 0.3) is 5.91 Å². The number of nitrogen functional groups attached to an aromatic ring is 2. The predicted molar refractivity (Wildman–Crippen MR) is 131 cm³/mol. The number of amides is 1. The van der Waals surface area contributed by atoms with Crippen LogP contribution in [0.4, 0.5) is 17.3 Å². The Labute approximate surface area is 202 Å². The maximum atomic E-state index is 12.2. The van der Waals surface area contributed by atoms with Gasteiger partial charge in [-0.1, -0.05) is 23.7 Å². The van der Waals surface area contributed by atoms with Gasteiger partial charge in [0, 0.05) is 6.54 Å². The zero-order valence-corrected chi connectivity index (χ0v) is 20.8. The Bertz CT molecular complexity index is 1270. The monoisotopic (exact) mass is 532 g/mol. The number of guanidine groups is 1. The minimum Gasteiger partial charge on any atom is -0.382 e. The molecule has 0 atom stereocenters. The zero-order valence-electron chi connectivity index (χ0n) is 18.4. The van der Waals surface area contributed by atoms with Crippen LogP contribution in [0.25, 0.3) is 0 Å². The van der Waals surface area contributed by atoms with Gasteiger partial charge in [0.1, 0.15) is 0 Å². The van der Waals surface area contributed by atoms with Gasteiger partial charge < -0.3 is 17.2 Å². The molecule has 1 aromatic heterocycles. The molecule has 1 aromatic carbocycles. The highest BCUT2D eigenvalue weighted by Crippen LogP contribution is 2.22. The van der Waals surface area contributed by atoms with Crippen molar-refractivity contribution >= 4 is 60.8 Å². The number of anilines is 3. The summed E-state index contributed by atoms with van der Waals surface area (Å²) in [5.41, 5.74) is 17.5. The van der Waals surface area contributed by atoms with Crippen molar-refractivity contribution in [2.75, 3.05) is 34.2 Å². The van der Waals surface area contributed by atoms with Crippen LogP contribution in [0.2, 0.25) is 5.15 Å². The average molecular weight is 533 g/mol. The van der Waals surface area contributed by atoms with Gasteiger partial charge in [0.05, 0.1) is 18.2 Å². The maximum Gasteiger partial charge on any atom is 0.280 e. The van der Waals surface area contributed by atoms with Gasteiger partial charge >= 0.3 is 0 Å². The lowest BCUT2D eigenvalue weighted by Gasteiger charge is -2.19. The molecule has 0 spiro atoms. The van der Waals surface area contributed by atoms with Crippen molar-refractivity contribution in [2.24, 2.45) is 10.7 Å². The molecule has 0 saturated carbocycles. The van der Waals surface area contributed by atoms with Crippen molar-refractivity contribution in [2.45, 2.75) is 19.3 Å². The lowest BCUT2D eigenvalue weighted by atomic mass is 10.1. The molecule has 2 aromatic rings. The number of hydrogen-bond donors (Lipinski definition) is 4. The smallest absolute Gasteiger partial charge is 0.280 e. The van der Waals surface area contributed by atoms with Crippen LogP contribution in [-0.4, -0.2) is 57.7 Å². The fourth-order valence-electron chi connectivity index (χ4n) is 2.88. The molecule has 0 fully saturated rings.